The topological polar surface area (TPSA) is 94.8 Å². The minimum atomic E-state index is -0.347. The van der Waals surface area contributed by atoms with Crippen molar-refractivity contribution in [1.82, 2.24) is 10.4 Å². The van der Waals surface area contributed by atoms with E-state index >= 15 is 0 Å². The van der Waals surface area contributed by atoms with E-state index in [4.69, 9.17) is 0 Å². The lowest BCUT2D eigenvalue weighted by atomic mass is 10.2. The van der Waals surface area contributed by atoms with E-state index in [0.717, 1.165) is 5.56 Å². The van der Waals surface area contributed by atoms with Crippen LogP contribution in [0.5, 0.6) is 11.5 Å². The molecule has 0 saturated heterocycles. The predicted molar refractivity (Wildman–Crippen MR) is 96.7 cm³/mol. The van der Waals surface area contributed by atoms with Gasteiger partial charge in [0.05, 0.1) is 18.3 Å². The Labute approximate surface area is 152 Å². The normalized spacial score (nSPS) is 11.0. The number of carbonyl (C=O) groups is 1. The Hall–Kier alpha value is -3.26. The molecule has 0 aliphatic carbocycles. The summed E-state index contributed by atoms with van der Waals surface area (Å²) in [5.74, 6) is -1.16. The lowest BCUT2D eigenvalue weighted by Gasteiger charge is -1.99. The summed E-state index contributed by atoms with van der Waals surface area (Å²) in [4.78, 5) is 16.3. The van der Waals surface area contributed by atoms with Crippen molar-refractivity contribution in [3.63, 3.8) is 0 Å². The van der Waals surface area contributed by atoms with Gasteiger partial charge in [0.1, 0.15) is 10.8 Å². The van der Waals surface area contributed by atoms with Crippen LogP contribution >= 0.6 is 11.3 Å². The summed E-state index contributed by atoms with van der Waals surface area (Å²) in [6.07, 6.45) is 1.40. The summed E-state index contributed by atoms with van der Waals surface area (Å²) in [6.45, 7) is 0. The molecular weight excluding hydrogens is 357 g/mol. The van der Waals surface area contributed by atoms with Gasteiger partial charge < -0.3 is 10.2 Å². The molecule has 1 aromatic heterocycles. The lowest BCUT2D eigenvalue weighted by molar-refractivity contribution is -0.120. The fraction of sp³-hybridized carbons (Fsp3) is 0.0556. The highest BCUT2D eigenvalue weighted by atomic mass is 32.1. The maximum Gasteiger partial charge on any atom is 0.246 e. The first-order valence-corrected chi connectivity index (χ1v) is 8.43. The zero-order chi connectivity index (χ0) is 18.5. The molecule has 2 aromatic carbocycles. The van der Waals surface area contributed by atoms with Gasteiger partial charge in [0.2, 0.25) is 5.91 Å². The first-order chi connectivity index (χ1) is 12.5. The van der Waals surface area contributed by atoms with Gasteiger partial charge >= 0.3 is 0 Å². The molecule has 0 bridgehead atoms. The molecule has 3 aromatic rings. The monoisotopic (exact) mass is 371 g/mol. The van der Waals surface area contributed by atoms with Gasteiger partial charge in [-0.05, 0) is 48.0 Å². The molecule has 26 heavy (non-hydrogen) atoms. The van der Waals surface area contributed by atoms with Gasteiger partial charge in [-0.15, -0.1) is 11.3 Å². The molecule has 0 saturated carbocycles. The second-order valence-corrected chi connectivity index (χ2v) is 6.23. The molecule has 0 unspecified atom stereocenters. The van der Waals surface area contributed by atoms with Crippen molar-refractivity contribution in [1.29, 1.82) is 0 Å². The fourth-order valence-electron chi connectivity index (χ4n) is 2.12. The van der Waals surface area contributed by atoms with Crippen LogP contribution in [0.4, 0.5) is 4.39 Å². The van der Waals surface area contributed by atoms with E-state index < -0.39 is 0 Å². The van der Waals surface area contributed by atoms with Crippen molar-refractivity contribution in [2.45, 2.75) is 6.42 Å². The lowest BCUT2D eigenvalue weighted by Crippen LogP contribution is -2.19. The molecular formula is C18H14FN3O3S. The molecule has 0 fully saturated rings. The van der Waals surface area contributed by atoms with Gasteiger partial charge in [0.15, 0.2) is 11.5 Å². The third kappa shape index (κ3) is 4.42. The number of phenols is 2. The van der Waals surface area contributed by atoms with Gasteiger partial charge in [-0.2, -0.15) is 5.10 Å². The van der Waals surface area contributed by atoms with E-state index in [0.29, 0.717) is 16.3 Å². The average Bonchev–Trinajstić information content (AvgIpc) is 3.07. The first kappa shape index (κ1) is 17.6. The Balaban J connectivity index is 1.57. The number of benzene rings is 2. The molecule has 1 heterocycles. The van der Waals surface area contributed by atoms with Crippen LogP contribution in [0.15, 0.2) is 52.9 Å². The summed E-state index contributed by atoms with van der Waals surface area (Å²) in [5.41, 5.74) is 4.27. The van der Waals surface area contributed by atoms with Crippen molar-refractivity contribution in [2.24, 2.45) is 5.10 Å². The van der Waals surface area contributed by atoms with E-state index in [1.807, 2.05) is 0 Å². The van der Waals surface area contributed by atoms with Crippen LogP contribution in [-0.4, -0.2) is 27.3 Å². The average molecular weight is 371 g/mol. The zero-order valence-corrected chi connectivity index (χ0v) is 14.2. The molecule has 0 aliphatic heterocycles. The highest BCUT2D eigenvalue weighted by molar-refractivity contribution is 7.13. The van der Waals surface area contributed by atoms with Gasteiger partial charge in [0, 0.05) is 10.9 Å². The molecule has 0 atom stereocenters. The molecule has 3 rings (SSSR count). The number of nitrogens with zero attached hydrogens (tertiary/aromatic N) is 2. The van der Waals surface area contributed by atoms with E-state index in [9.17, 15) is 19.4 Å². The van der Waals surface area contributed by atoms with Crippen molar-refractivity contribution >= 4 is 23.5 Å². The summed E-state index contributed by atoms with van der Waals surface area (Å²) in [6, 6.07) is 10.2. The number of hydrazone groups is 1. The first-order valence-electron chi connectivity index (χ1n) is 7.55. The van der Waals surface area contributed by atoms with E-state index in [1.165, 1.54) is 41.8 Å². The number of amides is 1. The number of hydrogen-bond acceptors (Lipinski definition) is 6. The Morgan fingerprint density at radius 1 is 1.19 bits per heavy atom. The number of nitrogens with one attached hydrogen (secondary N) is 1. The molecule has 1 amide bonds. The molecule has 0 radical (unpaired) electrons. The third-order valence-electron chi connectivity index (χ3n) is 3.39. The van der Waals surface area contributed by atoms with Gasteiger partial charge in [0.25, 0.3) is 0 Å². The molecule has 0 aliphatic rings. The Bertz CT molecular complexity index is 955. The standard InChI is InChI=1S/C18H14FN3O3S/c19-13-4-2-12(3-5-13)18-21-14(10-26-18)8-17(25)22-20-9-11-1-6-15(23)16(24)7-11/h1-7,9-10,23-24H,8H2,(H,22,25)/b20-9+. The van der Waals surface area contributed by atoms with Crippen molar-refractivity contribution in [3.05, 3.63) is 64.9 Å². The van der Waals surface area contributed by atoms with Gasteiger partial charge in [-0.1, -0.05) is 0 Å². The van der Waals surface area contributed by atoms with Crippen LogP contribution in [0, 0.1) is 5.82 Å². The van der Waals surface area contributed by atoms with Crippen molar-refractivity contribution < 1.29 is 19.4 Å². The predicted octanol–water partition coefficient (Wildman–Crippen LogP) is 3.05. The summed E-state index contributed by atoms with van der Waals surface area (Å²) in [7, 11) is 0. The van der Waals surface area contributed by atoms with Crippen molar-refractivity contribution in [3.8, 4) is 22.1 Å². The number of halogens is 1. The summed E-state index contributed by atoms with van der Waals surface area (Å²) < 4.78 is 13.0. The van der Waals surface area contributed by atoms with Crippen LogP contribution in [0.3, 0.4) is 0 Å². The molecule has 8 heteroatoms. The largest absolute Gasteiger partial charge is 0.504 e. The van der Waals surface area contributed by atoms with Crippen LogP contribution < -0.4 is 5.43 Å². The van der Waals surface area contributed by atoms with Gasteiger partial charge in [-0.3, -0.25) is 4.79 Å². The van der Waals surface area contributed by atoms with E-state index in [1.54, 1.807) is 23.6 Å². The van der Waals surface area contributed by atoms with E-state index in [-0.39, 0.29) is 29.6 Å². The number of carbonyl (C=O) groups excluding carboxylic acids is 1. The number of thiazole rings is 1. The number of phenolic OH excluding ortho intramolecular Hbond substituents is 2. The smallest absolute Gasteiger partial charge is 0.246 e. The minimum absolute atomic E-state index is 0.0515. The van der Waals surface area contributed by atoms with E-state index in [2.05, 4.69) is 15.5 Å². The number of aromatic hydroxyl groups is 2. The van der Waals surface area contributed by atoms with Crippen LogP contribution in [-0.2, 0) is 11.2 Å². The molecule has 3 N–H and O–H groups in total. The number of rotatable bonds is 5. The highest BCUT2D eigenvalue weighted by Crippen LogP contribution is 2.25. The molecule has 132 valence electrons. The highest BCUT2D eigenvalue weighted by Gasteiger charge is 2.09. The quantitative estimate of drug-likeness (QED) is 0.365. The second kappa shape index (κ2) is 7.75. The Morgan fingerprint density at radius 3 is 2.69 bits per heavy atom. The Kier molecular flexibility index (Phi) is 5.23. The summed E-state index contributed by atoms with van der Waals surface area (Å²) in [5, 5.41) is 24.9. The third-order valence-corrected chi connectivity index (χ3v) is 4.33. The minimum Gasteiger partial charge on any atom is -0.504 e. The van der Waals surface area contributed by atoms with Crippen LogP contribution in [0.25, 0.3) is 10.6 Å². The molecule has 0 spiro atoms. The maximum atomic E-state index is 13.0. The number of aromatic nitrogens is 1. The summed E-state index contributed by atoms with van der Waals surface area (Å²) >= 11 is 1.37. The van der Waals surface area contributed by atoms with Crippen LogP contribution in [0.1, 0.15) is 11.3 Å². The Morgan fingerprint density at radius 2 is 1.96 bits per heavy atom. The zero-order valence-electron chi connectivity index (χ0n) is 13.4. The molecule has 6 nitrogen and oxygen atoms in total. The van der Waals surface area contributed by atoms with Crippen molar-refractivity contribution in [2.75, 3.05) is 0 Å². The second-order valence-electron chi connectivity index (χ2n) is 5.37. The SMILES string of the molecule is O=C(Cc1csc(-c2ccc(F)cc2)n1)N/N=C/c1ccc(O)c(O)c1. The fourth-order valence-corrected chi connectivity index (χ4v) is 2.94. The van der Waals surface area contributed by atoms with Crippen LogP contribution in [0.2, 0.25) is 0 Å². The maximum absolute atomic E-state index is 13.0. The number of hydrogen-bond donors (Lipinski definition) is 3. The van der Waals surface area contributed by atoms with Gasteiger partial charge in [-0.25, -0.2) is 14.8 Å².